The van der Waals surface area contributed by atoms with Crippen molar-refractivity contribution < 1.29 is 0 Å². The lowest BCUT2D eigenvalue weighted by Gasteiger charge is -2.05. The van der Waals surface area contributed by atoms with E-state index in [-0.39, 0.29) is 0 Å². The Hall–Kier alpha value is -2.43. The van der Waals surface area contributed by atoms with Crippen molar-refractivity contribution in [3.63, 3.8) is 0 Å². The average Bonchev–Trinajstić information content (AvgIpc) is 2.78. The van der Waals surface area contributed by atoms with Crippen molar-refractivity contribution in [2.45, 2.75) is 13.5 Å². The minimum absolute atomic E-state index is 0.652. The number of hydrogen-bond acceptors (Lipinski definition) is 4. The molecule has 0 atom stereocenters. The molecule has 0 unspecified atom stereocenters. The molecule has 3 aromatic heterocycles. The van der Waals surface area contributed by atoms with Crippen LogP contribution in [0.25, 0.3) is 22.6 Å². The molecule has 5 nitrogen and oxygen atoms in total. The van der Waals surface area contributed by atoms with Crippen LogP contribution in [0.3, 0.4) is 0 Å². The molecule has 0 spiro atoms. The number of nitrogen functional groups attached to an aromatic ring is 1. The molecular weight excluding hydrogens is 226 g/mol. The van der Waals surface area contributed by atoms with Crippen molar-refractivity contribution in [2.24, 2.45) is 0 Å². The Morgan fingerprint density at radius 2 is 2.11 bits per heavy atom. The standard InChI is InChI=1S/C13H13N5/c1-2-18-12-5-6-15-8-11(12)17-13(18)10-4-3-9(14)7-16-10/h3-8H,2,14H2,1H3. The number of pyridine rings is 2. The molecule has 3 aromatic rings. The van der Waals surface area contributed by atoms with Crippen molar-refractivity contribution in [3.05, 3.63) is 36.8 Å². The van der Waals surface area contributed by atoms with Gasteiger partial charge in [0, 0.05) is 12.7 Å². The number of imidazole rings is 1. The average molecular weight is 239 g/mol. The third-order valence-electron chi connectivity index (χ3n) is 2.88. The highest BCUT2D eigenvalue weighted by atomic mass is 15.1. The van der Waals surface area contributed by atoms with Crippen LogP contribution in [0.4, 0.5) is 5.69 Å². The zero-order chi connectivity index (χ0) is 12.5. The maximum absolute atomic E-state index is 5.65. The Morgan fingerprint density at radius 3 is 2.83 bits per heavy atom. The van der Waals surface area contributed by atoms with Gasteiger partial charge in [-0.1, -0.05) is 0 Å². The monoisotopic (exact) mass is 239 g/mol. The zero-order valence-corrected chi connectivity index (χ0v) is 10.0. The van der Waals surface area contributed by atoms with Gasteiger partial charge in [-0.05, 0) is 25.1 Å². The highest BCUT2D eigenvalue weighted by Crippen LogP contribution is 2.22. The molecular formula is C13H13N5. The lowest BCUT2D eigenvalue weighted by atomic mass is 10.3. The van der Waals surface area contributed by atoms with E-state index >= 15 is 0 Å². The number of hydrogen-bond donors (Lipinski definition) is 1. The SMILES string of the molecule is CCn1c(-c2ccc(N)cn2)nc2cnccc21. The fourth-order valence-corrected chi connectivity index (χ4v) is 2.03. The number of anilines is 1. The van der Waals surface area contributed by atoms with E-state index in [1.54, 1.807) is 18.6 Å². The quantitative estimate of drug-likeness (QED) is 0.743. The number of fused-ring (bicyclic) bond motifs is 1. The van der Waals surface area contributed by atoms with Gasteiger partial charge >= 0.3 is 0 Å². The molecule has 0 aliphatic rings. The largest absolute Gasteiger partial charge is 0.397 e. The van der Waals surface area contributed by atoms with Crippen LogP contribution < -0.4 is 5.73 Å². The van der Waals surface area contributed by atoms with E-state index in [9.17, 15) is 0 Å². The maximum atomic E-state index is 5.65. The Labute approximate surface area is 104 Å². The van der Waals surface area contributed by atoms with Crippen LogP contribution in [0.1, 0.15) is 6.92 Å². The first-order chi connectivity index (χ1) is 8.79. The first-order valence-electron chi connectivity index (χ1n) is 5.81. The first-order valence-corrected chi connectivity index (χ1v) is 5.81. The summed E-state index contributed by atoms with van der Waals surface area (Å²) >= 11 is 0. The topological polar surface area (TPSA) is 69.6 Å². The number of aromatic nitrogens is 4. The molecule has 0 aliphatic carbocycles. The molecule has 0 amide bonds. The molecule has 2 N–H and O–H groups in total. The van der Waals surface area contributed by atoms with Gasteiger partial charge in [0.25, 0.3) is 0 Å². The van der Waals surface area contributed by atoms with E-state index in [0.717, 1.165) is 29.1 Å². The fourth-order valence-electron chi connectivity index (χ4n) is 2.03. The number of aryl methyl sites for hydroxylation is 1. The molecule has 0 radical (unpaired) electrons. The van der Waals surface area contributed by atoms with Crippen LogP contribution >= 0.6 is 0 Å². The molecule has 0 fully saturated rings. The lowest BCUT2D eigenvalue weighted by molar-refractivity contribution is 0.793. The summed E-state index contributed by atoms with van der Waals surface area (Å²) in [6.45, 7) is 2.92. The van der Waals surface area contributed by atoms with Gasteiger partial charge < -0.3 is 10.3 Å². The predicted molar refractivity (Wildman–Crippen MR) is 70.8 cm³/mol. The predicted octanol–water partition coefficient (Wildman–Crippen LogP) is 2.10. The molecule has 3 heterocycles. The summed E-state index contributed by atoms with van der Waals surface area (Å²) in [6.07, 6.45) is 5.19. The summed E-state index contributed by atoms with van der Waals surface area (Å²) in [6, 6.07) is 5.68. The fraction of sp³-hybridized carbons (Fsp3) is 0.154. The van der Waals surface area contributed by atoms with Gasteiger partial charge in [0.15, 0.2) is 5.82 Å². The molecule has 18 heavy (non-hydrogen) atoms. The van der Waals surface area contributed by atoms with Crippen LogP contribution in [0.2, 0.25) is 0 Å². The number of nitrogens with two attached hydrogens (primary N) is 1. The molecule has 0 saturated heterocycles. The van der Waals surface area contributed by atoms with Gasteiger partial charge in [0.05, 0.1) is 23.6 Å². The Bertz CT molecular complexity index is 684. The van der Waals surface area contributed by atoms with Gasteiger partial charge in [0.2, 0.25) is 0 Å². The Balaban J connectivity index is 2.25. The second-order valence-corrected chi connectivity index (χ2v) is 4.02. The van der Waals surface area contributed by atoms with Crippen LogP contribution in [-0.2, 0) is 6.54 Å². The first kappa shape index (κ1) is 10.7. The van der Waals surface area contributed by atoms with Crippen LogP contribution in [0, 0.1) is 0 Å². The zero-order valence-electron chi connectivity index (χ0n) is 10.0. The second-order valence-electron chi connectivity index (χ2n) is 4.02. The molecule has 5 heteroatoms. The van der Waals surface area contributed by atoms with Gasteiger partial charge in [0.1, 0.15) is 11.2 Å². The van der Waals surface area contributed by atoms with Crippen LogP contribution in [0.5, 0.6) is 0 Å². The summed E-state index contributed by atoms with van der Waals surface area (Å²) in [7, 11) is 0. The van der Waals surface area contributed by atoms with Gasteiger partial charge in [-0.25, -0.2) is 4.98 Å². The molecule has 0 bridgehead atoms. The third-order valence-corrected chi connectivity index (χ3v) is 2.88. The number of nitrogens with zero attached hydrogens (tertiary/aromatic N) is 4. The summed E-state index contributed by atoms with van der Waals surface area (Å²) < 4.78 is 2.12. The van der Waals surface area contributed by atoms with E-state index in [4.69, 9.17) is 5.73 Å². The summed E-state index contributed by atoms with van der Waals surface area (Å²) in [5.74, 6) is 0.848. The number of rotatable bonds is 2. The van der Waals surface area contributed by atoms with Crippen LogP contribution in [0.15, 0.2) is 36.8 Å². The van der Waals surface area contributed by atoms with E-state index in [1.165, 1.54) is 0 Å². The van der Waals surface area contributed by atoms with Crippen molar-refractivity contribution in [1.29, 1.82) is 0 Å². The van der Waals surface area contributed by atoms with Crippen molar-refractivity contribution >= 4 is 16.7 Å². The maximum Gasteiger partial charge on any atom is 0.159 e. The van der Waals surface area contributed by atoms with E-state index in [2.05, 4.69) is 26.4 Å². The van der Waals surface area contributed by atoms with Crippen molar-refractivity contribution in [1.82, 2.24) is 19.5 Å². The molecule has 0 aromatic carbocycles. The van der Waals surface area contributed by atoms with Gasteiger partial charge in [-0.15, -0.1) is 0 Å². The highest BCUT2D eigenvalue weighted by Gasteiger charge is 2.11. The minimum Gasteiger partial charge on any atom is -0.397 e. The molecule has 3 rings (SSSR count). The highest BCUT2D eigenvalue weighted by molar-refractivity contribution is 5.79. The normalized spacial score (nSPS) is 10.9. The lowest BCUT2D eigenvalue weighted by Crippen LogP contribution is -1.99. The summed E-state index contributed by atoms with van der Waals surface area (Å²) in [5.41, 5.74) is 9.08. The Kier molecular flexibility index (Phi) is 2.44. The molecule has 0 aliphatic heterocycles. The van der Waals surface area contributed by atoms with E-state index in [1.807, 2.05) is 18.2 Å². The smallest absolute Gasteiger partial charge is 0.159 e. The molecule has 90 valence electrons. The minimum atomic E-state index is 0.652. The van der Waals surface area contributed by atoms with E-state index in [0.29, 0.717) is 5.69 Å². The Morgan fingerprint density at radius 1 is 1.22 bits per heavy atom. The van der Waals surface area contributed by atoms with Gasteiger partial charge in [-0.3, -0.25) is 9.97 Å². The van der Waals surface area contributed by atoms with Crippen molar-refractivity contribution in [3.8, 4) is 11.5 Å². The second kappa shape index (κ2) is 4.10. The summed E-state index contributed by atoms with van der Waals surface area (Å²) in [5, 5.41) is 0. The van der Waals surface area contributed by atoms with E-state index < -0.39 is 0 Å². The van der Waals surface area contributed by atoms with Crippen LogP contribution in [-0.4, -0.2) is 19.5 Å². The summed E-state index contributed by atoms with van der Waals surface area (Å²) in [4.78, 5) is 13.0. The third kappa shape index (κ3) is 1.60. The van der Waals surface area contributed by atoms with Crippen molar-refractivity contribution in [2.75, 3.05) is 5.73 Å². The van der Waals surface area contributed by atoms with Gasteiger partial charge in [-0.2, -0.15) is 0 Å². The molecule has 0 saturated carbocycles.